The molecule has 0 saturated carbocycles. The van der Waals surface area contributed by atoms with Gasteiger partial charge in [-0.2, -0.15) is 0 Å². The molecule has 0 fully saturated rings. The SMILES string of the molecule is C[SiH](C)N[Si](C)(C)[SiH](C)C. The smallest absolute Gasteiger partial charge is 0.0982 e. The molecule has 0 atom stereocenters. The van der Waals surface area contributed by atoms with Crippen molar-refractivity contribution in [1.82, 2.24) is 4.65 Å². The summed E-state index contributed by atoms with van der Waals surface area (Å²) < 4.78 is 3.86. The number of hydrogen-bond acceptors (Lipinski definition) is 1. The lowest BCUT2D eigenvalue weighted by molar-refractivity contribution is 1.41. The van der Waals surface area contributed by atoms with Crippen LogP contribution in [0.3, 0.4) is 0 Å². The van der Waals surface area contributed by atoms with Gasteiger partial charge in [0.2, 0.25) is 0 Å². The highest BCUT2D eigenvalue weighted by Gasteiger charge is 2.25. The van der Waals surface area contributed by atoms with Crippen molar-refractivity contribution < 1.29 is 0 Å². The quantitative estimate of drug-likeness (QED) is 0.664. The molecule has 0 aromatic heterocycles. The average Bonchev–Trinajstić information content (AvgIpc) is 1.60. The minimum atomic E-state index is -0.893. The van der Waals surface area contributed by atoms with E-state index in [-0.39, 0.29) is 8.31 Å². The Kier molecular flexibility index (Phi) is 4.08. The van der Waals surface area contributed by atoms with Gasteiger partial charge in [-0.25, -0.2) is 0 Å². The van der Waals surface area contributed by atoms with Crippen molar-refractivity contribution >= 4 is 25.0 Å². The molecule has 0 saturated heterocycles. The third kappa shape index (κ3) is 3.70. The molecule has 62 valence electrons. The van der Waals surface area contributed by atoms with Crippen LogP contribution in [0.1, 0.15) is 0 Å². The van der Waals surface area contributed by atoms with E-state index in [1.165, 1.54) is 0 Å². The molecule has 0 amide bonds. The summed E-state index contributed by atoms with van der Waals surface area (Å²) in [6.07, 6.45) is 0. The molecule has 4 heteroatoms. The predicted octanol–water partition coefficient (Wildman–Crippen LogP) is 1.33. The fourth-order valence-electron chi connectivity index (χ4n) is 0.911. The Balaban J connectivity index is 3.87. The Morgan fingerprint density at radius 3 is 1.50 bits per heavy atom. The second-order valence-electron chi connectivity index (χ2n) is 4.18. The van der Waals surface area contributed by atoms with Crippen LogP contribution < -0.4 is 4.65 Å². The summed E-state index contributed by atoms with van der Waals surface area (Å²) in [5.74, 6) is 0. The van der Waals surface area contributed by atoms with E-state index >= 15 is 0 Å². The molecule has 0 aliphatic carbocycles. The Hall–Kier alpha value is 0.611. The monoisotopic (exact) mass is 191 g/mol. The van der Waals surface area contributed by atoms with Crippen molar-refractivity contribution in [3.05, 3.63) is 0 Å². The second-order valence-corrected chi connectivity index (χ2v) is 21.2. The van der Waals surface area contributed by atoms with Gasteiger partial charge in [-0.3, -0.25) is 0 Å². The zero-order chi connectivity index (χ0) is 8.36. The molecule has 0 rings (SSSR count). The maximum absolute atomic E-state index is 3.86. The van der Waals surface area contributed by atoms with Crippen LogP contribution in [0.25, 0.3) is 0 Å². The molecule has 0 bridgehead atoms. The first-order valence-electron chi connectivity index (χ1n) is 4.14. The van der Waals surface area contributed by atoms with Gasteiger partial charge in [0.05, 0.1) is 16.7 Å². The summed E-state index contributed by atoms with van der Waals surface area (Å²) in [6.45, 7) is 14.7. The Morgan fingerprint density at radius 1 is 1.00 bits per heavy atom. The fourth-order valence-corrected chi connectivity index (χ4v) is 14.2. The van der Waals surface area contributed by atoms with E-state index in [0.717, 1.165) is 0 Å². The standard InChI is InChI=1S/C6H21NSi3/c1-8(2)7-10(5,6)9(3)4/h7-9H,1-6H3. The van der Waals surface area contributed by atoms with E-state index in [1.807, 2.05) is 0 Å². The van der Waals surface area contributed by atoms with E-state index in [4.69, 9.17) is 0 Å². The summed E-state index contributed by atoms with van der Waals surface area (Å²) in [7, 11) is -1.77. The van der Waals surface area contributed by atoms with Gasteiger partial charge in [-0.1, -0.05) is 39.3 Å². The lowest BCUT2D eigenvalue weighted by atomic mass is 11.9. The molecule has 0 unspecified atom stereocenters. The van der Waals surface area contributed by atoms with Gasteiger partial charge in [-0.05, 0) is 0 Å². The third-order valence-corrected chi connectivity index (χ3v) is 20.4. The summed E-state index contributed by atoms with van der Waals surface area (Å²) in [4.78, 5) is 0. The van der Waals surface area contributed by atoms with E-state index in [9.17, 15) is 0 Å². The zero-order valence-corrected chi connectivity index (χ0v) is 11.5. The van der Waals surface area contributed by atoms with E-state index in [1.54, 1.807) is 0 Å². The third-order valence-electron chi connectivity index (χ3n) is 2.10. The summed E-state index contributed by atoms with van der Waals surface area (Å²) >= 11 is 0. The van der Waals surface area contributed by atoms with Gasteiger partial charge < -0.3 is 4.65 Å². The Labute approximate surface area is 69.4 Å². The van der Waals surface area contributed by atoms with Gasteiger partial charge in [0.1, 0.15) is 0 Å². The predicted molar refractivity (Wildman–Crippen MR) is 58.4 cm³/mol. The van der Waals surface area contributed by atoms with Gasteiger partial charge in [0.15, 0.2) is 0 Å². The van der Waals surface area contributed by atoms with Crippen LogP contribution in [0.4, 0.5) is 0 Å². The molecule has 0 aromatic rings. The molecular formula is C6H21NSi3. The lowest BCUT2D eigenvalue weighted by Crippen LogP contribution is -2.59. The van der Waals surface area contributed by atoms with Crippen LogP contribution in [-0.2, 0) is 0 Å². The lowest BCUT2D eigenvalue weighted by Gasteiger charge is -2.29. The molecule has 0 heterocycles. The highest BCUT2D eigenvalue weighted by molar-refractivity contribution is 7.31. The van der Waals surface area contributed by atoms with Crippen LogP contribution >= 0.6 is 0 Å². The Bertz CT molecular complexity index is 101. The van der Waals surface area contributed by atoms with Crippen LogP contribution in [0, 0.1) is 0 Å². The molecule has 0 aromatic carbocycles. The minimum absolute atomic E-state index is 0.373. The molecule has 0 spiro atoms. The molecule has 0 radical (unpaired) electrons. The van der Waals surface area contributed by atoms with Gasteiger partial charge >= 0.3 is 0 Å². The van der Waals surface area contributed by atoms with Crippen LogP contribution in [0.5, 0.6) is 0 Å². The van der Waals surface area contributed by atoms with Crippen molar-refractivity contribution in [2.24, 2.45) is 0 Å². The van der Waals surface area contributed by atoms with Crippen molar-refractivity contribution in [3.8, 4) is 0 Å². The zero-order valence-electron chi connectivity index (χ0n) is 8.15. The average molecular weight is 191 g/mol. The molecule has 0 aliphatic heterocycles. The summed E-state index contributed by atoms with van der Waals surface area (Å²) in [5, 5.41) is 0. The fraction of sp³-hybridized carbons (Fsp3) is 1.00. The van der Waals surface area contributed by atoms with Gasteiger partial charge in [-0.15, -0.1) is 0 Å². The maximum atomic E-state index is 3.86. The first kappa shape index (κ1) is 10.6. The topological polar surface area (TPSA) is 12.0 Å². The molecular weight excluding hydrogens is 170 g/mol. The van der Waals surface area contributed by atoms with E-state index in [2.05, 4.69) is 43.9 Å². The van der Waals surface area contributed by atoms with Crippen molar-refractivity contribution in [3.63, 3.8) is 0 Å². The van der Waals surface area contributed by atoms with Crippen LogP contribution in [0.15, 0.2) is 0 Å². The number of rotatable bonds is 3. The molecule has 10 heavy (non-hydrogen) atoms. The largest absolute Gasteiger partial charge is 0.364 e. The van der Waals surface area contributed by atoms with Crippen molar-refractivity contribution in [1.29, 1.82) is 0 Å². The minimum Gasteiger partial charge on any atom is -0.364 e. The van der Waals surface area contributed by atoms with E-state index in [0.29, 0.717) is 0 Å². The number of nitrogens with one attached hydrogen (secondary N) is 1. The van der Waals surface area contributed by atoms with Crippen LogP contribution in [-0.4, -0.2) is 25.0 Å². The second kappa shape index (κ2) is 3.85. The van der Waals surface area contributed by atoms with Crippen molar-refractivity contribution in [2.45, 2.75) is 39.3 Å². The molecule has 1 nitrogen and oxygen atoms in total. The summed E-state index contributed by atoms with van der Waals surface area (Å²) in [5.41, 5.74) is 0. The Morgan fingerprint density at radius 2 is 1.40 bits per heavy atom. The number of hydrogen-bond donors (Lipinski definition) is 1. The summed E-state index contributed by atoms with van der Waals surface area (Å²) in [6, 6.07) is 0. The highest BCUT2D eigenvalue weighted by Crippen LogP contribution is 2.02. The van der Waals surface area contributed by atoms with Gasteiger partial charge in [0, 0.05) is 8.31 Å². The van der Waals surface area contributed by atoms with E-state index < -0.39 is 16.7 Å². The molecule has 1 N–H and O–H groups in total. The first-order chi connectivity index (χ1) is 4.36. The maximum Gasteiger partial charge on any atom is 0.0982 e. The van der Waals surface area contributed by atoms with Gasteiger partial charge in [0.25, 0.3) is 0 Å². The highest BCUT2D eigenvalue weighted by atomic mass is 29.2. The van der Waals surface area contributed by atoms with Crippen LogP contribution in [0.2, 0.25) is 39.3 Å². The molecule has 0 aliphatic rings. The normalized spacial score (nSPS) is 13.2. The van der Waals surface area contributed by atoms with Crippen molar-refractivity contribution in [2.75, 3.05) is 0 Å². The first-order valence-corrected chi connectivity index (χ1v) is 14.1.